The Morgan fingerprint density at radius 1 is 1.00 bits per heavy atom. The average molecular weight is 435 g/mol. The molecule has 0 fully saturated rings. The fourth-order valence-corrected chi connectivity index (χ4v) is 3.14. The molecule has 2 aromatic carbocycles. The molecule has 8 nitrogen and oxygen atoms in total. The summed E-state index contributed by atoms with van der Waals surface area (Å²) in [6.07, 6.45) is 0.388. The minimum Gasteiger partial charge on any atom is -0.466 e. The van der Waals surface area contributed by atoms with E-state index in [0.29, 0.717) is 5.56 Å². The van der Waals surface area contributed by atoms with Crippen LogP contribution in [0.15, 0.2) is 54.6 Å². The van der Waals surface area contributed by atoms with E-state index in [-0.39, 0.29) is 37.8 Å². The van der Waals surface area contributed by atoms with Crippen LogP contribution in [-0.4, -0.2) is 39.9 Å². The third kappa shape index (κ3) is 8.52. The van der Waals surface area contributed by atoms with Crippen LogP contribution in [0.5, 0.6) is 5.75 Å². The van der Waals surface area contributed by atoms with Gasteiger partial charge in [-0.05, 0) is 30.2 Å². The van der Waals surface area contributed by atoms with Gasteiger partial charge < -0.3 is 19.0 Å². The zero-order valence-electron chi connectivity index (χ0n) is 16.9. The minimum atomic E-state index is -3.63. The summed E-state index contributed by atoms with van der Waals surface area (Å²) < 4.78 is 37.5. The molecule has 0 spiro atoms. The Balaban J connectivity index is 2.00. The summed E-state index contributed by atoms with van der Waals surface area (Å²) in [5, 5.41) is 2.66. The van der Waals surface area contributed by atoms with E-state index in [2.05, 4.69) is 5.32 Å². The van der Waals surface area contributed by atoms with Crippen molar-refractivity contribution in [3.05, 3.63) is 65.7 Å². The van der Waals surface area contributed by atoms with Crippen molar-refractivity contribution in [1.82, 2.24) is 5.32 Å². The lowest BCUT2D eigenvalue weighted by atomic mass is 9.95. The third-order valence-corrected chi connectivity index (χ3v) is 4.52. The molecule has 1 atom stereocenters. The third-order valence-electron chi connectivity index (χ3n) is 4.02. The topological polar surface area (TPSA) is 108 Å². The van der Waals surface area contributed by atoms with Crippen LogP contribution in [0.1, 0.15) is 30.4 Å². The molecule has 1 unspecified atom stereocenters. The standard InChI is InChI=1S/C21H25NO7S/c1-3-27-20(23)13-18(17-9-11-19(12-10-17)29-30(2,25)26)14-22-21(24)28-15-16-7-5-4-6-8-16/h4-12,18H,3,13-15H2,1-2H3,(H,22,24). The van der Waals surface area contributed by atoms with E-state index < -0.39 is 22.2 Å². The largest absolute Gasteiger partial charge is 0.466 e. The highest BCUT2D eigenvalue weighted by molar-refractivity contribution is 7.86. The number of esters is 1. The predicted molar refractivity (Wildman–Crippen MR) is 111 cm³/mol. The summed E-state index contributed by atoms with van der Waals surface area (Å²) in [7, 11) is -3.63. The number of hydrogen-bond donors (Lipinski definition) is 1. The quantitative estimate of drug-likeness (QED) is 0.451. The van der Waals surface area contributed by atoms with E-state index in [1.165, 1.54) is 12.1 Å². The van der Waals surface area contributed by atoms with Gasteiger partial charge in [0, 0.05) is 12.5 Å². The Morgan fingerprint density at radius 2 is 1.67 bits per heavy atom. The number of hydrogen-bond acceptors (Lipinski definition) is 7. The number of alkyl carbamates (subject to hydrolysis) is 1. The zero-order valence-corrected chi connectivity index (χ0v) is 17.7. The summed E-state index contributed by atoms with van der Waals surface area (Å²) in [6.45, 7) is 2.23. The van der Waals surface area contributed by atoms with Crippen molar-refractivity contribution in [2.75, 3.05) is 19.4 Å². The number of rotatable bonds is 10. The van der Waals surface area contributed by atoms with Gasteiger partial charge in [0.25, 0.3) is 0 Å². The summed E-state index contributed by atoms with van der Waals surface area (Å²) in [6, 6.07) is 15.5. The molecule has 30 heavy (non-hydrogen) atoms. The maximum Gasteiger partial charge on any atom is 0.407 e. The van der Waals surface area contributed by atoms with Crippen molar-refractivity contribution in [1.29, 1.82) is 0 Å². The molecule has 0 aliphatic rings. The summed E-state index contributed by atoms with van der Waals surface area (Å²) in [5.74, 6) is -0.634. The molecular formula is C21H25NO7S. The van der Waals surface area contributed by atoms with Crippen LogP contribution in [0, 0.1) is 0 Å². The van der Waals surface area contributed by atoms with Crippen LogP contribution in [0.4, 0.5) is 4.79 Å². The molecule has 162 valence electrons. The molecule has 0 aliphatic heterocycles. The zero-order chi connectivity index (χ0) is 22.0. The number of carbonyl (C=O) groups excluding carboxylic acids is 2. The first-order chi connectivity index (χ1) is 14.3. The lowest BCUT2D eigenvalue weighted by Gasteiger charge is -2.18. The second-order valence-electron chi connectivity index (χ2n) is 6.51. The van der Waals surface area contributed by atoms with Crippen molar-refractivity contribution in [2.45, 2.75) is 25.9 Å². The van der Waals surface area contributed by atoms with Crippen LogP contribution in [0.25, 0.3) is 0 Å². The summed E-state index contributed by atoms with van der Waals surface area (Å²) in [5.41, 5.74) is 1.57. The number of amides is 1. The molecule has 1 N–H and O–H groups in total. The van der Waals surface area contributed by atoms with E-state index >= 15 is 0 Å². The summed E-state index contributed by atoms with van der Waals surface area (Å²) >= 11 is 0. The van der Waals surface area contributed by atoms with Crippen LogP contribution in [0.2, 0.25) is 0 Å². The van der Waals surface area contributed by atoms with Gasteiger partial charge in [-0.15, -0.1) is 0 Å². The maximum atomic E-state index is 12.0. The number of nitrogens with one attached hydrogen (secondary N) is 1. The van der Waals surface area contributed by atoms with Crippen molar-refractivity contribution < 1.29 is 31.7 Å². The van der Waals surface area contributed by atoms with Crippen molar-refractivity contribution in [3.8, 4) is 5.75 Å². The Bertz CT molecular complexity index is 928. The predicted octanol–water partition coefficient (Wildman–Crippen LogP) is 2.99. The van der Waals surface area contributed by atoms with E-state index in [1.807, 2.05) is 30.3 Å². The molecule has 2 aromatic rings. The number of benzene rings is 2. The summed E-state index contributed by atoms with van der Waals surface area (Å²) in [4.78, 5) is 24.0. The van der Waals surface area contributed by atoms with E-state index in [9.17, 15) is 18.0 Å². The lowest BCUT2D eigenvalue weighted by molar-refractivity contribution is -0.143. The SMILES string of the molecule is CCOC(=O)CC(CNC(=O)OCc1ccccc1)c1ccc(OS(C)(=O)=O)cc1. The molecule has 0 saturated heterocycles. The second-order valence-corrected chi connectivity index (χ2v) is 8.08. The fourth-order valence-electron chi connectivity index (χ4n) is 2.68. The highest BCUT2D eigenvalue weighted by Crippen LogP contribution is 2.23. The van der Waals surface area contributed by atoms with E-state index in [1.54, 1.807) is 19.1 Å². The lowest BCUT2D eigenvalue weighted by Crippen LogP contribution is -2.30. The molecule has 0 saturated carbocycles. The molecule has 1 amide bonds. The van der Waals surface area contributed by atoms with Gasteiger partial charge in [-0.1, -0.05) is 42.5 Å². The van der Waals surface area contributed by atoms with E-state index in [4.69, 9.17) is 13.7 Å². The first-order valence-electron chi connectivity index (χ1n) is 9.36. The fraction of sp³-hybridized carbons (Fsp3) is 0.333. The van der Waals surface area contributed by atoms with Crippen molar-refractivity contribution >= 4 is 22.2 Å². The van der Waals surface area contributed by atoms with Crippen molar-refractivity contribution in [3.63, 3.8) is 0 Å². The monoisotopic (exact) mass is 435 g/mol. The Labute approximate surface area is 176 Å². The van der Waals surface area contributed by atoms with Gasteiger partial charge in [-0.25, -0.2) is 4.79 Å². The molecule has 2 rings (SSSR count). The number of ether oxygens (including phenoxy) is 2. The molecule has 0 radical (unpaired) electrons. The Kier molecular flexibility index (Phi) is 8.67. The normalized spacial score (nSPS) is 11.9. The van der Waals surface area contributed by atoms with Crippen LogP contribution in [-0.2, 0) is 31.0 Å². The molecule has 0 bridgehead atoms. The van der Waals surface area contributed by atoms with Gasteiger partial charge >= 0.3 is 22.2 Å². The Hall–Kier alpha value is -3.07. The van der Waals surface area contributed by atoms with Crippen molar-refractivity contribution in [2.24, 2.45) is 0 Å². The molecular weight excluding hydrogens is 410 g/mol. The van der Waals surface area contributed by atoms with E-state index in [0.717, 1.165) is 11.8 Å². The Morgan fingerprint density at radius 3 is 2.27 bits per heavy atom. The molecule has 0 aromatic heterocycles. The second kappa shape index (κ2) is 11.2. The van der Waals surface area contributed by atoms with Gasteiger partial charge in [-0.2, -0.15) is 8.42 Å². The van der Waals surface area contributed by atoms with Gasteiger partial charge in [-0.3, -0.25) is 4.79 Å². The van der Waals surface area contributed by atoms with Crippen LogP contribution in [0.3, 0.4) is 0 Å². The van der Waals surface area contributed by atoms with Gasteiger partial charge in [0.2, 0.25) is 0 Å². The van der Waals surface area contributed by atoms with Crippen LogP contribution >= 0.6 is 0 Å². The molecule has 9 heteroatoms. The first-order valence-corrected chi connectivity index (χ1v) is 11.2. The minimum absolute atomic E-state index is 0.0408. The highest BCUT2D eigenvalue weighted by atomic mass is 32.2. The smallest absolute Gasteiger partial charge is 0.407 e. The number of carbonyl (C=O) groups is 2. The molecule has 0 heterocycles. The van der Waals surface area contributed by atoms with Crippen LogP contribution < -0.4 is 9.50 Å². The first kappa shape index (κ1) is 23.2. The average Bonchev–Trinajstić information content (AvgIpc) is 2.70. The van der Waals surface area contributed by atoms with Gasteiger partial charge in [0.05, 0.1) is 19.3 Å². The van der Waals surface area contributed by atoms with Gasteiger partial charge in [0.1, 0.15) is 12.4 Å². The maximum absolute atomic E-state index is 12.0. The highest BCUT2D eigenvalue weighted by Gasteiger charge is 2.19. The van der Waals surface area contributed by atoms with Gasteiger partial charge in [0.15, 0.2) is 0 Å². The molecule has 0 aliphatic carbocycles.